The van der Waals surface area contributed by atoms with Gasteiger partial charge in [0.1, 0.15) is 11.8 Å². The molecular formula is C13H17N3O. The number of hydrogen-bond acceptors (Lipinski definition) is 4. The Morgan fingerprint density at radius 2 is 2.53 bits per heavy atom. The highest BCUT2D eigenvalue weighted by molar-refractivity contribution is 5.30. The summed E-state index contributed by atoms with van der Waals surface area (Å²) < 4.78 is 0. The molecule has 2 unspecified atom stereocenters. The summed E-state index contributed by atoms with van der Waals surface area (Å²) >= 11 is 0. The molecule has 0 aliphatic carbocycles. The Bertz CT molecular complexity index is 425. The first-order chi connectivity index (χ1) is 8.20. The van der Waals surface area contributed by atoms with E-state index >= 15 is 0 Å². The van der Waals surface area contributed by atoms with Crippen LogP contribution in [0.2, 0.25) is 0 Å². The normalized spacial score (nSPS) is 22.3. The summed E-state index contributed by atoms with van der Waals surface area (Å²) in [7, 11) is 0. The molecule has 2 atom stereocenters. The number of likely N-dealkylation sites (tertiary alicyclic amines) is 1. The SMILES string of the molecule is CC(O)C1CCN(Cc2cccnc2C#N)C1. The third kappa shape index (κ3) is 2.82. The maximum Gasteiger partial charge on any atom is 0.144 e. The van der Waals surface area contributed by atoms with E-state index in [0.717, 1.165) is 31.6 Å². The minimum absolute atomic E-state index is 0.246. The topological polar surface area (TPSA) is 60.1 Å². The molecule has 1 aromatic heterocycles. The van der Waals surface area contributed by atoms with Gasteiger partial charge >= 0.3 is 0 Å². The molecule has 0 bridgehead atoms. The van der Waals surface area contributed by atoms with Crippen molar-refractivity contribution < 1.29 is 5.11 Å². The fourth-order valence-corrected chi connectivity index (χ4v) is 2.31. The molecule has 1 aliphatic heterocycles. The number of aliphatic hydroxyl groups excluding tert-OH is 1. The minimum atomic E-state index is -0.246. The summed E-state index contributed by atoms with van der Waals surface area (Å²) in [6.45, 7) is 4.48. The molecule has 0 aromatic carbocycles. The lowest BCUT2D eigenvalue weighted by Gasteiger charge is -2.17. The van der Waals surface area contributed by atoms with Crippen LogP contribution in [0.25, 0.3) is 0 Å². The zero-order valence-corrected chi connectivity index (χ0v) is 10.0. The number of aliphatic hydroxyl groups is 1. The van der Waals surface area contributed by atoms with Crippen molar-refractivity contribution in [2.75, 3.05) is 13.1 Å². The molecule has 0 amide bonds. The maximum atomic E-state index is 9.55. The van der Waals surface area contributed by atoms with Gasteiger partial charge in [-0.25, -0.2) is 4.98 Å². The van der Waals surface area contributed by atoms with Gasteiger partial charge < -0.3 is 5.11 Å². The Labute approximate surface area is 102 Å². The van der Waals surface area contributed by atoms with Gasteiger partial charge in [-0.3, -0.25) is 4.90 Å². The van der Waals surface area contributed by atoms with Gasteiger partial charge in [0.05, 0.1) is 6.10 Å². The zero-order valence-electron chi connectivity index (χ0n) is 10.0. The third-order valence-electron chi connectivity index (χ3n) is 3.38. The van der Waals surface area contributed by atoms with Gasteiger partial charge in [-0.05, 0) is 31.9 Å². The smallest absolute Gasteiger partial charge is 0.144 e. The first-order valence-corrected chi connectivity index (χ1v) is 5.95. The average molecular weight is 231 g/mol. The van der Waals surface area contributed by atoms with Crippen molar-refractivity contribution in [1.29, 1.82) is 5.26 Å². The lowest BCUT2D eigenvalue weighted by Crippen LogP contribution is -2.24. The van der Waals surface area contributed by atoms with Gasteiger partial charge in [0, 0.05) is 24.8 Å². The van der Waals surface area contributed by atoms with Crippen molar-refractivity contribution in [3.63, 3.8) is 0 Å². The number of hydrogen-bond donors (Lipinski definition) is 1. The Hall–Kier alpha value is -1.44. The van der Waals surface area contributed by atoms with E-state index in [1.165, 1.54) is 0 Å². The van der Waals surface area contributed by atoms with E-state index in [4.69, 9.17) is 5.26 Å². The van der Waals surface area contributed by atoms with E-state index in [2.05, 4.69) is 16.0 Å². The number of pyridine rings is 1. The molecule has 0 radical (unpaired) electrons. The lowest BCUT2D eigenvalue weighted by atomic mass is 10.0. The van der Waals surface area contributed by atoms with Crippen LogP contribution in [0.4, 0.5) is 0 Å². The van der Waals surface area contributed by atoms with Crippen molar-refractivity contribution in [1.82, 2.24) is 9.88 Å². The summed E-state index contributed by atoms with van der Waals surface area (Å²) in [6.07, 6.45) is 2.43. The Kier molecular flexibility index (Phi) is 3.72. The van der Waals surface area contributed by atoms with Gasteiger partial charge in [-0.1, -0.05) is 6.07 Å². The predicted molar refractivity (Wildman–Crippen MR) is 64.0 cm³/mol. The first-order valence-electron chi connectivity index (χ1n) is 5.95. The highest BCUT2D eigenvalue weighted by Crippen LogP contribution is 2.21. The largest absolute Gasteiger partial charge is 0.393 e. The molecular weight excluding hydrogens is 214 g/mol. The first kappa shape index (κ1) is 12.0. The summed E-state index contributed by atoms with van der Waals surface area (Å²) in [5.74, 6) is 0.359. The van der Waals surface area contributed by atoms with Crippen molar-refractivity contribution in [2.24, 2.45) is 5.92 Å². The standard InChI is InChI=1S/C13H17N3O/c1-10(17)11-4-6-16(8-11)9-12-3-2-5-15-13(12)7-14/h2-3,5,10-11,17H,4,6,8-9H2,1H3. The Morgan fingerprint density at radius 1 is 1.71 bits per heavy atom. The van der Waals surface area contributed by atoms with Crippen molar-refractivity contribution in [3.05, 3.63) is 29.6 Å². The van der Waals surface area contributed by atoms with Gasteiger partial charge in [0.25, 0.3) is 0 Å². The highest BCUT2D eigenvalue weighted by Gasteiger charge is 2.26. The van der Waals surface area contributed by atoms with Crippen LogP contribution in [-0.4, -0.2) is 34.2 Å². The highest BCUT2D eigenvalue weighted by atomic mass is 16.3. The van der Waals surface area contributed by atoms with E-state index in [-0.39, 0.29) is 6.10 Å². The molecule has 0 saturated carbocycles. The molecule has 17 heavy (non-hydrogen) atoms. The maximum absolute atomic E-state index is 9.55. The number of nitriles is 1. The van der Waals surface area contributed by atoms with Crippen LogP contribution < -0.4 is 0 Å². The van der Waals surface area contributed by atoms with Crippen molar-refractivity contribution in [3.8, 4) is 6.07 Å². The predicted octanol–water partition coefficient (Wildman–Crippen LogP) is 1.16. The summed E-state index contributed by atoms with van der Waals surface area (Å²) in [5.41, 5.74) is 1.48. The lowest BCUT2D eigenvalue weighted by molar-refractivity contribution is 0.127. The van der Waals surface area contributed by atoms with Gasteiger partial charge in [0.15, 0.2) is 0 Å². The fraction of sp³-hybridized carbons (Fsp3) is 0.538. The summed E-state index contributed by atoms with van der Waals surface area (Å²) in [6, 6.07) is 5.92. The summed E-state index contributed by atoms with van der Waals surface area (Å²) in [4.78, 5) is 6.33. The second-order valence-electron chi connectivity index (χ2n) is 4.65. The molecule has 90 valence electrons. The third-order valence-corrected chi connectivity index (χ3v) is 3.38. The molecule has 0 spiro atoms. The van der Waals surface area contributed by atoms with E-state index in [9.17, 15) is 5.11 Å². The minimum Gasteiger partial charge on any atom is -0.393 e. The molecule has 1 aromatic rings. The number of aromatic nitrogens is 1. The fourth-order valence-electron chi connectivity index (χ4n) is 2.31. The van der Waals surface area contributed by atoms with E-state index in [1.807, 2.05) is 19.1 Å². The van der Waals surface area contributed by atoms with E-state index < -0.39 is 0 Å². The average Bonchev–Trinajstić information content (AvgIpc) is 2.78. The molecule has 2 rings (SSSR count). The molecule has 4 nitrogen and oxygen atoms in total. The molecule has 1 saturated heterocycles. The second kappa shape index (κ2) is 5.26. The quantitative estimate of drug-likeness (QED) is 0.848. The van der Waals surface area contributed by atoms with Crippen LogP contribution in [0.1, 0.15) is 24.6 Å². The van der Waals surface area contributed by atoms with Gasteiger partial charge in [0.2, 0.25) is 0 Å². The van der Waals surface area contributed by atoms with Crippen LogP contribution >= 0.6 is 0 Å². The van der Waals surface area contributed by atoms with Crippen LogP contribution in [0.5, 0.6) is 0 Å². The van der Waals surface area contributed by atoms with Crippen LogP contribution in [0.15, 0.2) is 18.3 Å². The van der Waals surface area contributed by atoms with Crippen LogP contribution in [0, 0.1) is 17.2 Å². The Morgan fingerprint density at radius 3 is 3.18 bits per heavy atom. The van der Waals surface area contributed by atoms with E-state index in [1.54, 1.807) is 6.20 Å². The Balaban J connectivity index is 2.01. The van der Waals surface area contributed by atoms with Crippen LogP contribution in [0.3, 0.4) is 0 Å². The van der Waals surface area contributed by atoms with Gasteiger partial charge in [-0.15, -0.1) is 0 Å². The van der Waals surface area contributed by atoms with Crippen molar-refractivity contribution >= 4 is 0 Å². The molecule has 4 heteroatoms. The monoisotopic (exact) mass is 231 g/mol. The second-order valence-corrected chi connectivity index (χ2v) is 4.65. The summed E-state index contributed by atoms with van der Waals surface area (Å²) in [5, 5.41) is 18.5. The molecule has 1 fully saturated rings. The van der Waals surface area contributed by atoms with E-state index in [0.29, 0.717) is 11.6 Å². The zero-order chi connectivity index (χ0) is 12.3. The van der Waals surface area contributed by atoms with Crippen molar-refractivity contribution in [2.45, 2.75) is 26.0 Å². The van der Waals surface area contributed by atoms with Crippen LogP contribution in [-0.2, 0) is 6.54 Å². The molecule has 1 N–H and O–H groups in total. The molecule has 2 heterocycles. The van der Waals surface area contributed by atoms with Gasteiger partial charge in [-0.2, -0.15) is 5.26 Å². The molecule has 1 aliphatic rings. The number of rotatable bonds is 3. The number of nitrogens with zero attached hydrogens (tertiary/aromatic N) is 3.